The molecule has 0 aliphatic carbocycles. The minimum Gasteiger partial charge on any atom is -0.383 e. The summed E-state index contributed by atoms with van der Waals surface area (Å²) in [5.74, 6) is 0. The van der Waals surface area contributed by atoms with Crippen LogP contribution in [0.3, 0.4) is 0 Å². The second kappa shape index (κ2) is 8.52. The highest BCUT2D eigenvalue weighted by molar-refractivity contribution is 5.24. The molecule has 2 unspecified atom stereocenters. The van der Waals surface area contributed by atoms with Crippen molar-refractivity contribution < 1.29 is 4.74 Å². The van der Waals surface area contributed by atoms with Gasteiger partial charge in [0.05, 0.1) is 6.61 Å². The summed E-state index contributed by atoms with van der Waals surface area (Å²) in [6.45, 7) is 8.53. The zero-order valence-corrected chi connectivity index (χ0v) is 13.8. The molecule has 0 bridgehead atoms. The number of hydrogen-bond donors (Lipinski definition) is 1. The molecule has 2 rings (SSSR count). The van der Waals surface area contributed by atoms with E-state index in [1.165, 1.54) is 30.5 Å². The Bertz CT molecular complexity index is 398. The molecule has 1 aliphatic rings. The van der Waals surface area contributed by atoms with Gasteiger partial charge in [0.25, 0.3) is 0 Å². The summed E-state index contributed by atoms with van der Waals surface area (Å²) < 4.78 is 5.32. The van der Waals surface area contributed by atoms with Crippen molar-refractivity contribution in [3.05, 3.63) is 35.4 Å². The van der Waals surface area contributed by atoms with E-state index < -0.39 is 0 Å². The molecule has 1 heterocycles. The number of nitrogens with one attached hydrogen (secondary N) is 1. The summed E-state index contributed by atoms with van der Waals surface area (Å²) in [4.78, 5) is 2.59. The van der Waals surface area contributed by atoms with Gasteiger partial charge in [0, 0.05) is 32.3 Å². The molecule has 0 saturated carbocycles. The smallest absolute Gasteiger partial charge is 0.0589 e. The molecule has 1 fully saturated rings. The first-order valence-corrected chi connectivity index (χ1v) is 8.27. The second-order valence-corrected chi connectivity index (χ2v) is 6.12. The summed E-state index contributed by atoms with van der Waals surface area (Å²) in [5.41, 5.74) is 2.76. The van der Waals surface area contributed by atoms with E-state index in [2.05, 4.69) is 48.3 Å². The lowest BCUT2D eigenvalue weighted by Crippen LogP contribution is -2.41. The average Bonchev–Trinajstić information content (AvgIpc) is 3.00. The maximum atomic E-state index is 5.32. The Labute approximate surface area is 129 Å². The Morgan fingerprint density at radius 1 is 1.33 bits per heavy atom. The molecule has 1 aromatic rings. The van der Waals surface area contributed by atoms with Crippen LogP contribution >= 0.6 is 0 Å². The fraction of sp³-hybridized carbons (Fsp3) is 0.667. The van der Waals surface area contributed by atoms with E-state index in [-0.39, 0.29) is 0 Å². The van der Waals surface area contributed by atoms with Crippen molar-refractivity contribution >= 4 is 0 Å². The van der Waals surface area contributed by atoms with E-state index in [1.54, 1.807) is 7.11 Å². The number of aryl methyl sites for hydroxylation is 1. The average molecular weight is 290 g/mol. The predicted octanol–water partition coefficient (Wildman–Crippen LogP) is 3.15. The molecule has 0 amide bonds. The van der Waals surface area contributed by atoms with Crippen LogP contribution < -0.4 is 5.32 Å². The number of nitrogens with zero attached hydrogens (tertiary/aromatic N) is 1. The Kier molecular flexibility index (Phi) is 6.68. The van der Waals surface area contributed by atoms with Crippen molar-refractivity contribution in [3.8, 4) is 0 Å². The molecule has 3 heteroatoms. The van der Waals surface area contributed by atoms with E-state index in [4.69, 9.17) is 4.74 Å². The number of rotatable bonds is 8. The highest BCUT2D eigenvalue weighted by Gasteiger charge is 2.23. The third-order valence-electron chi connectivity index (χ3n) is 4.49. The van der Waals surface area contributed by atoms with Gasteiger partial charge >= 0.3 is 0 Å². The Morgan fingerprint density at radius 2 is 2.10 bits per heavy atom. The SMILES string of the molecule is CCC(c1ccc(C)cc1)N(CCOC)CC1CCCN1. The van der Waals surface area contributed by atoms with Crippen molar-refractivity contribution in [2.45, 2.75) is 45.2 Å². The first-order chi connectivity index (χ1) is 10.2. The molecule has 21 heavy (non-hydrogen) atoms. The maximum absolute atomic E-state index is 5.32. The van der Waals surface area contributed by atoms with E-state index in [0.29, 0.717) is 12.1 Å². The summed E-state index contributed by atoms with van der Waals surface area (Å²) in [6, 6.07) is 10.1. The van der Waals surface area contributed by atoms with Crippen LogP contribution in [0.4, 0.5) is 0 Å². The molecule has 1 aromatic carbocycles. The van der Waals surface area contributed by atoms with Crippen molar-refractivity contribution in [1.29, 1.82) is 0 Å². The Morgan fingerprint density at radius 3 is 2.67 bits per heavy atom. The van der Waals surface area contributed by atoms with Crippen molar-refractivity contribution in [1.82, 2.24) is 10.2 Å². The van der Waals surface area contributed by atoms with Crippen LogP contribution in [0.5, 0.6) is 0 Å². The molecule has 1 saturated heterocycles. The normalized spacial score (nSPS) is 20.1. The van der Waals surface area contributed by atoms with E-state index in [9.17, 15) is 0 Å². The molecular formula is C18H30N2O. The highest BCUT2D eigenvalue weighted by atomic mass is 16.5. The minimum absolute atomic E-state index is 0.489. The van der Waals surface area contributed by atoms with Gasteiger partial charge < -0.3 is 10.1 Å². The fourth-order valence-electron chi connectivity index (χ4n) is 3.27. The van der Waals surface area contributed by atoms with Gasteiger partial charge in [-0.3, -0.25) is 4.90 Å². The van der Waals surface area contributed by atoms with Gasteiger partial charge in [0.2, 0.25) is 0 Å². The van der Waals surface area contributed by atoms with Crippen LogP contribution in [-0.2, 0) is 4.74 Å². The second-order valence-electron chi connectivity index (χ2n) is 6.12. The van der Waals surface area contributed by atoms with Gasteiger partial charge in [-0.25, -0.2) is 0 Å². The standard InChI is InChI=1S/C18H30N2O/c1-4-18(16-9-7-15(2)8-10-16)20(12-13-21-3)14-17-6-5-11-19-17/h7-10,17-19H,4-6,11-14H2,1-3H3. The summed E-state index contributed by atoms with van der Waals surface area (Å²) in [5, 5.41) is 3.62. The van der Waals surface area contributed by atoms with Crippen LogP contribution in [0.1, 0.15) is 43.4 Å². The van der Waals surface area contributed by atoms with Gasteiger partial charge in [-0.2, -0.15) is 0 Å². The monoisotopic (exact) mass is 290 g/mol. The number of hydrogen-bond acceptors (Lipinski definition) is 3. The van der Waals surface area contributed by atoms with Crippen LogP contribution in [-0.4, -0.2) is 44.3 Å². The van der Waals surface area contributed by atoms with Crippen molar-refractivity contribution in [2.24, 2.45) is 0 Å². The summed E-state index contributed by atoms with van der Waals surface area (Å²) >= 11 is 0. The van der Waals surface area contributed by atoms with Gasteiger partial charge in [-0.05, 0) is 38.3 Å². The third kappa shape index (κ3) is 4.80. The molecule has 0 spiro atoms. The minimum atomic E-state index is 0.489. The topological polar surface area (TPSA) is 24.5 Å². The van der Waals surface area contributed by atoms with Gasteiger partial charge in [0.1, 0.15) is 0 Å². The van der Waals surface area contributed by atoms with Gasteiger partial charge in [0.15, 0.2) is 0 Å². The molecule has 2 atom stereocenters. The summed E-state index contributed by atoms with van der Waals surface area (Å²) in [7, 11) is 1.79. The number of ether oxygens (including phenoxy) is 1. The predicted molar refractivity (Wildman–Crippen MR) is 88.7 cm³/mol. The number of benzene rings is 1. The van der Waals surface area contributed by atoms with Crippen LogP contribution in [0.15, 0.2) is 24.3 Å². The first kappa shape index (κ1) is 16.5. The van der Waals surface area contributed by atoms with Crippen LogP contribution in [0.25, 0.3) is 0 Å². The highest BCUT2D eigenvalue weighted by Crippen LogP contribution is 2.25. The Hall–Kier alpha value is -0.900. The van der Waals surface area contributed by atoms with Crippen LogP contribution in [0, 0.1) is 6.92 Å². The third-order valence-corrected chi connectivity index (χ3v) is 4.49. The van der Waals surface area contributed by atoms with Gasteiger partial charge in [-0.1, -0.05) is 36.8 Å². The largest absolute Gasteiger partial charge is 0.383 e. The molecule has 0 aromatic heterocycles. The number of methoxy groups -OCH3 is 1. The molecule has 1 N–H and O–H groups in total. The zero-order chi connectivity index (χ0) is 15.1. The molecule has 1 aliphatic heterocycles. The van der Waals surface area contributed by atoms with E-state index in [1.807, 2.05) is 0 Å². The quantitative estimate of drug-likeness (QED) is 0.796. The van der Waals surface area contributed by atoms with Crippen LogP contribution in [0.2, 0.25) is 0 Å². The molecular weight excluding hydrogens is 260 g/mol. The zero-order valence-electron chi connectivity index (χ0n) is 13.8. The maximum Gasteiger partial charge on any atom is 0.0589 e. The molecule has 3 nitrogen and oxygen atoms in total. The van der Waals surface area contributed by atoms with E-state index >= 15 is 0 Å². The summed E-state index contributed by atoms with van der Waals surface area (Å²) in [6.07, 6.45) is 3.75. The lowest BCUT2D eigenvalue weighted by molar-refractivity contribution is 0.110. The molecule has 118 valence electrons. The molecule has 0 radical (unpaired) electrons. The van der Waals surface area contributed by atoms with E-state index in [0.717, 1.165) is 26.1 Å². The lowest BCUT2D eigenvalue weighted by Gasteiger charge is -2.33. The first-order valence-electron chi connectivity index (χ1n) is 8.27. The fourth-order valence-corrected chi connectivity index (χ4v) is 3.27. The lowest BCUT2D eigenvalue weighted by atomic mass is 10.0. The van der Waals surface area contributed by atoms with Crippen molar-refractivity contribution in [3.63, 3.8) is 0 Å². The Balaban J connectivity index is 2.08. The van der Waals surface area contributed by atoms with Crippen molar-refractivity contribution in [2.75, 3.05) is 33.4 Å². The van der Waals surface area contributed by atoms with Gasteiger partial charge in [-0.15, -0.1) is 0 Å².